The van der Waals surface area contributed by atoms with Crippen molar-refractivity contribution in [2.24, 2.45) is 0 Å². The lowest BCUT2D eigenvalue weighted by Crippen LogP contribution is -2.40. The second-order valence-electron chi connectivity index (χ2n) is 7.55. The van der Waals surface area contributed by atoms with E-state index in [2.05, 4.69) is 10.3 Å². The van der Waals surface area contributed by atoms with E-state index in [1.807, 2.05) is 18.2 Å². The summed E-state index contributed by atoms with van der Waals surface area (Å²) in [6.07, 6.45) is 0. The molecule has 9 nitrogen and oxygen atoms in total. The Balaban J connectivity index is 1.29. The van der Waals surface area contributed by atoms with Crippen molar-refractivity contribution in [3.63, 3.8) is 0 Å². The fourth-order valence-corrected chi connectivity index (χ4v) is 5.70. The molecule has 2 aromatic heterocycles. The smallest absolute Gasteiger partial charge is 0.257 e. The molecule has 11 heteroatoms. The van der Waals surface area contributed by atoms with Crippen molar-refractivity contribution in [1.29, 1.82) is 0 Å². The molecule has 1 N–H and O–H groups in total. The number of anilines is 1. The van der Waals surface area contributed by atoms with E-state index in [1.165, 1.54) is 39.9 Å². The third-order valence-corrected chi connectivity index (χ3v) is 8.10. The van der Waals surface area contributed by atoms with E-state index < -0.39 is 10.0 Å². The van der Waals surface area contributed by atoms with Crippen LogP contribution in [-0.2, 0) is 14.8 Å². The summed E-state index contributed by atoms with van der Waals surface area (Å²) in [7, 11) is -2.02. The number of carbonyl (C=O) groups excluding carboxylic acids is 1. The molecular formula is C23H21N3O6S2. The normalized spacial score (nSPS) is 14.9. The summed E-state index contributed by atoms with van der Waals surface area (Å²) < 4.78 is 43.2. The van der Waals surface area contributed by atoms with Crippen molar-refractivity contribution in [2.45, 2.75) is 4.90 Å². The molecule has 176 valence electrons. The Kier molecular flexibility index (Phi) is 6.09. The molecule has 0 aliphatic carbocycles. The van der Waals surface area contributed by atoms with Crippen LogP contribution in [0, 0.1) is 0 Å². The summed E-state index contributed by atoms with van der Waals surface area (Å²) >= 11 is 1.27. The van der Waals surface area contributed by atoms with Crippen molar-refractivity contribution in [2.75, 3.05) is 38.7 Å². The highest BCUT2D eigenvalue weighted by Gasteiger charge is 2.26. The minimum absolute atomic E-state index is 0.143. The summed E-state index contributed by atoms with van der Waals surface area (Å²) in [5, 5.41) is 5.87. The number of methoxy groups -OCH3 is 1. The number of hydrogen-bond donors (Lipinski definition) is 1. The largest absolute Gasteiger partial charge is 0.497 e. The predicted octanol–water partition coefficient (Wildman–Crippen LogP) is 3.84. The van der Waals surface area contributed by atoms with Gasteiger partial charge in [0.15, 0.2) is 10.9 Å². The number of furan rings is 1. The minimum atomic E-state index is -3.61. The molecule has 3 heterocycles. The number of nitrogens with one attached hydrogen (secondary N) is 1. The zero-order valence-electron chi connectivity index (χ0n) is 18.2. The molecule has 1 amide bonds. The maximum atomic E-state index is 12.7. The fraction of sp³-hybridized carbons (Fsp3) is 0.217. The quantitative estimate of drug-likeness (QED) is 0.429. The summed E-state index contributed by atoms with van der Waals surface area (Å²) in [5.74, 6) is 0.895. The first-order chi connectivity index (χ1) is 16.4. The zero-order valence-corrected chi connectivity index (χ0v) is 19.8. The van der Waals surface area contributed by atoms with Crippen LogP contribution < -0.4 is 10.1 Å². The van der Waals surface area contributed by atoms with Crippen molar-refractivity contribution in [1.82, 2.24) is 9.29 Å². The molecule has 0 radical (unpaired) electrons. The van der Waals surface area contributed by atoms with Crippen molar-refractivity contribution >= 4 is 43.4 Å². The second-order valence-corrected chi connectivity index (χ2v) is 10.3. The van der Waals surface area contributed by atoms with Crippen molar-refractivity contribution in [3.8, 4) is 17.2 Å². The van der Waals surface area contributed by atoms with Crippen LogP contribution in [0.5, 0.6) is 5.75 Å². The number of aromatic nitrogens is 1. The topological polar surface area (TPSA) is 111 Å². The molecule has 2 aromatic carbocycles. The Bertz CT molecular complexity index is 1440. The highest BCUT2D eigenvalue weighted by molar-refractivity contribution is 7.89. The summed E-state index contributed by atoms with van der Waals surface area (Å²) in [5.41, 5.74) is 1.61. The lowest BCUT2D eigenvalue weighted by Gasteiger charge is -2.26. The average Bonchev–Trinajstić information content (AvgIpc) is 3.51. The van der Waals surface area contributed by atoms with E-state index in [9.17, 15) is 13.2 Å². The number of sulfonamides is 1. The number of amides is 1. The lowest BCUT2D eigenvalue weighted by atomic mass is 10.2. The van der Waals surface area contributed by atoms with E-state index in [4.69, 9.17) is 13.9 Å². The SMILES string of the molecule is COc1ccc2cc(-c3csc(NC(=O)c4ccc(S(=O)(=O)N5CCOCC5)cc4)n3)oc2c1. The summed E-state index contributed by atoms with van der Waals surface area (Å²) in [4.78, 5) is 17.3. The van der Waals surface area contributed by atoms with Crippen molar-refractivity contribution < 1.29 is 27.1 Å². The highest BCUT2D eigenvalue weighted by Crippen LogP contribution is 2.32. The molecular weight excluding hydrogens is 478 g/mol. The molecule has 0 spiro atoms. The van der Waals surface area contributed by atoms with Gasteiger partial charge in [-0.25, -0.2) is 13.4 Å². The van der Waals surface area contributed by atoms with E-state index >= 15 is 0 Å². The lowest BCUT2D eigenvalue weighted by molar-refractivity contribution is 0.0730. The van der Waals surface area contributed by atoms with Gasteiger partial charge in [0.05, 0.1) is 25.2 Å². The van der Waals surface area contributed by atoms with E-state index in [-0.39, 0.29) is 10.8 Å². The first-order valence-corrected chi connectivity index (χ1v) is 12.8. The van der Waals surface area contributed by atoms with Crippen LogP contribution in [0.3, 0.4) is 0 Å². The number of morpholine rings is 1. The first-order valence-electron chi connectivity index (χ1n) is 10.5. The number of hydrogen-bond acceptors (Lipinski definition) is 8. The predicted molar refractivity (Wildman–Crippen MR) is 128 cm³/mol. The van der Waals surface area contributed by atoms with Crippen molar-refractivity contribution in [3.05, 3.63) is 59.5 Å². The molecule has 0 saturated carbocycles. The fourth-order valence-electron chi connectivity index (χ4n) is 3.59. The van der Waals surface area contributed by atoms with Gasteiger partial charge in [-0.2, -0.15) is 4.31 Å². The Labute approximate surface area is 200 Å². The molecule has 1 aliphatic heterocycles. The second kappa shape index (κ2) is 9.18. The third kappa shape index (κ3) is 4.42. The molecule has 4 aromatic rings. The maximum Gasteiger partial charge on any atom is 0.257 e. The third-order valence-electron chi connectivity index (χ3n) is 5.43. The Morgan fingerprint density at radius 2 is 1.88 bits per heavy atom. The van der Waals surface area contributed by atoms with E-state index in [0.717, 1.165) is 5.39 Å². The van der Waals surface area contributed by atoms with E-state index in [1.54, 1.807) is 18.6 Å². The Morgan fingerprint density at radius 3 is 2.62 bits per heavy atom. The maximum absolute atomic E-state index is 12.7. The summed E-state index contributed by atoms with van der Waals surface area (Å²) in [6.45, 7) is 1.38. The van der Waals surface area contributed by atoms with Crippen LogP contribution in [0.4, 0.5) is 5.13 Å². The van der Waals surface area contributed by atoms with Crippen LogP contribution in [0.1, 0.15) is 10.4 Å². The van der Waals surface area contributed by atoms with Crippen LogP contribution in [0.15, 0.2) is 63.2 Å². The number of fused-ring (bicyclic) bond motifs is 1. The zero-order chi connectivity index (χ0) is 23.7. The number of nitrogens with zero attached hydrogens (tertiary/aromatic N) is 2. The van der Waals surface area contributed by atoms with Crippen LogP contribution in [-0.4, -0.2) is 57.0 Å². The van der Waals surface area contributed by atoms with Gasteiger partial charge in [-0.05, 0) is 42.5 Å². The monoisotopic (exact) mass is 499 g/mol. The molecule has 34 heavy (non-hydrogen) atoms. The summed E-state index contributed by atoms with van der Waals surface area (Å²) in [6, 6.07) is 13.3. The highest BCUT2D eigenvalue weighted by atomic mass is 32.2. The molecule has 1 aliphatic rings. The van der Waals surface area contributed by atoms with Gasteiger partial charge < -0.3 is 13.9 Å². The van der Waals surface area contributed by atoms with Gasteiger partial charge in [0, 0.05) is 35.5 Å². The molecule has 5 rings (SSSR count). The average molecular weight is 500 g/mol. The number of benzene rings is 2. The van der Waals surface area contributed by atoms with Gasteiger partial charge in [-0.3, -0.25) is 10.1 Å². The Morgan fingerprint density at radius 1 is 1.12 bits per heavy atom. The van der Waals surface area contributed by atoms with Gasteiger partial charge in [0.1, 0.15) is 17.0 Å². The van der Waals surface area contributed by atoms with Crippen LogP contribution in [0.2, 0.25) is 0 Å². The van der Waals surface area contributed by atoms with Crippen LogP contribution in [0.25, 0.3) is 22.4 Å². The molecule has 1 fully saturated rings. The van der Waals surface area contributed by atoms with Crippen LogP contribution >= 0.6 is 11.3 Å². The van der Waals surface area contributed by atoms with Gasteiger partial charge in [0.25, 0.3) is 5.91 Å². The minimum Gasteiger partial charge on any atom is -0.497 e. The molecule has 1 saturated heterocycles. The molecule has 0 unspecified atom stereocenters. The molecule has 0 atom stereocenters. The standard InChI is InChI=1S/C23H21N3O6S2/c1-30-17-5-2-16-12-21(32-20(16)13-17)19-14-33-23(24-19)25-22(27)15-3-6-18(7-4-15)34(28,29)26-8-10-31-11-9-26/h2-7,12-14H,8-11H2,1H3,(H,24,25,27). The number of rotatable bonds is 6. The van der Waals surface area contributed by atoms with Gasteiger partial charge in [-0.1, -0.05) is 0 Å². The van der Waals surface area contributed by atoms with Gasteiger partial charge in [-0.15, -0.1) is 11.3 Å². The first kappa shape index (κ1) is 22.5. The molecule has 0 bridgehead atoms. The van der Waals surface area contributed by atoms with Gasteiger partial charge in [0.2, 0.25) is 10.0 Å². The van der Waals surface area contributed by atoms with Gasteiger partial charge >= 0.3 is 0 Å². The number of carbonyl (C=O) groups is 1. The van der Waals surface area contributed by atoms with E-state index in [0.29, 0.717) is 59.8 Å². The Hall–Kier alpha value is -3.25. The number of thiazole rings is 1. The number of ether oxygens (including phenoxy) is 2.